The Morgan fingerprint density at radius 2 is 1.74 bits per heavy atom. The molecule has 1 saturated carbocycles. The van der Waals surface area contributed by atoms with Gasteiger partial charge in [-0.15, -0.1) is 0 Å². The predicted octanol–water partition coefficient (Wildman–Crippen LogP) is 4.65. The molecule has 0 bridgehead atoms. The van der Waals surface area contributed by atoms with Gasteiger partial charge in [0.25, 0.3) is 5.24 Å². The first kappa shape index (κ1) is 25.1. The molecule has 11 heteroatoms. The Hall–Kier alpha value is -3.05. The van der Waals surface area contributed by atoms with Gasteiger partial charge in [0.05, 0.1) is 16.7 Å². The van der Waals surface area contributed by atoms with Gasteiger partial charge in [-0.1, -0.05) is 36.0 Å². The zero-order chi connectivity index (χ0) is 25.0. The summed E-state index contributed by atoms with van der Waals surface area (Å²) < 4.78 is 55.2. The van der Waals surface area contributed by atoms with Crippen molar-refractivity contribution < 1.29 is 41.8 Å². The monoisotopic (exact) mass is 509 g/mol. The number of benzene rings is 2. The molecular formula is C24H22F3NO6S. The summed E-state index contributed by atoms with van der Waals surface area (Å²) in [5, 5.41) is 1.40. The highest BCUT2D eigenvalue weighted by molar-refractivity contribution is 8.15. The Labute approximate surface area is 203 Å². The SMILES string of the molecule is O=C1NC(=O)C(Cc2ccc(OCC(OCOC(=O)C3CC3)c3ccc(C(F)(F)F)cc3)cc2)S1. The molecule has 2 aromatic rings. The summed E-state index contributed by atoms with van der Waals surface area (Å²) in [4.78, 5) is 34.8. The number of ether oxygens (including phenoxy) is 3. The molecule has 2 aliphatic rings. The smallest absolute Gasteiger partial charge is 0.416 e. The standard InChI is InChI=1S/C24H22F3NO6S/c25-24(26,27)17-7-5-15(6-8-17)19(33-13-34-22(30)16-3-4-16)12-32-18-9-1-14(2-10-18)11-20-21(29)28-23(31)35-20/h1-2,5-10,16,19-20H,3-4,11-13H2,(H,28,29,31). The van der Waals surface area contributed by atoms with Crippen LogP contribution >= 0.6 is 11.8 Å². The van der Waals surface area contributed by atoms with Crippen LogP contribution in [-0.2, 0) is 31.7 Å². The molecule has 0 spiro atoms. The predicted molar refractivity (Wildman–Crippen MR) is 120 cm³/mol. The second kappa shape index (κ2) is 10.7. The molecule has 1 heterocycles. The maximum absolute atomic E-state index is 12.9. The van der Waals surface area contributed by atoms with E-state index in [4.69, 9.17) is 14.2 Å². The van der Waals surface area contributed by atoms with E-state index in [2.05, 4.69) is 5.32 Å². The van der Waals surface area contributed by atoms with Crippen molar-refractivity contribution in [3.63, 3.8) is 0 Å². The molecule has 1 aliphatic carbocycles. The lowest BCUT2D eigenvalue weighted by Crippen LogP contribution is -2.25. The van der Waals surface area contributed by atoms with E-state index in [9.17, 15) is 27.6 Å². The number of nitrogens with one attached hydrogen (secondary N) is 1. The van der Waals surface area contributed by atoms with Crippen molar-refractivity contribution in [3.8, 4) is 5.75 Å². The van der Waals surface area contributed by atoms with Gasteiger partial charge in [-0.2, -0.15) is 13.2 Å². The Morgan fingerprint density at radius 1 is 1.06 bits per heavy atom. The van der Waals surface area contributed by atoms with E-state index in [1.807, 2.05) is 0 Å². The number of alkyl halides is 3. The van der Waals surface area contributed by atoms with Gasteiger partial charge in [-0.25, -0.2) is 0 Å². The molecule has 2 unspecified atom stereocenters. The molecule has 0 aromatic heterocycles. The fraction of sp³-hybridized carbons (Fsp3) is 0.375. The zero-order valence-corrected chi connectivity index (χ0v) is 19.2. The highest BCUT2D eigenvalue weighted by Crippen LogP contribution is 2.32. The number of hydrogen-bond donors (Lipinski definition) is 1. The third-order valence-electron chi connectivity index (χ3n) is 5.50. The Kier molecular flexibility index (Phi) is 7.66. The van der Waals surface area contributed by atoms with Crippen molar-refractivity contribution in [1.82, 2.24) is 5.32 Å². The summed E-state index contributed by atoms with van der Waals surface area (Å²) >= 11 is 0.948. The molecule has 7 nitrogen and oxygen atoms in total. The van der Waals surface area contributed by atoms with Crippen molar-refractivity contribution in [2.24, 2.45) is 5.92 Å². The molecule has 2 atom stereocenters. The lowest BCUT2D eigenvalue weighted by molar-refractivity contribution is -0.164. The van der Waals surface area contributed by atoms with E-state index in [0.717, 1.165) is 42.3 Å². The largest absolute Gasteiger partial charge is 0.491 e. The van der Waals surface area contributed by atoms with Crippen LogP contribution in [-0.4, -0.2) is 35.8 Å². The average Bonchev–Trinajstić information content (AvgIpc) is 3.62. The molecule has 1 aliphatic heterocycles. The van der Waals surface area contributed by atoms with Crippen LogP contribution in [0.4, 0.5) is 18.0 Å². The maximum Gasteiger partial charge on any atom is 0.416 e. The van der Waals surface area contributed by atoms with Crippen molar-refractivity contribution in [1.29, 1.82) is 0 Å². The van der Waals surface area contributed by atoms with E-state index in [1.54, 1.807) is 24.3 Å². The molecule has 1 N–H and O–H groups in total. The van der Waals surface area contributed by atoms with Crippen molar-refractivity contribution in [2.45, 2.75) is 36.8 Å². The Morgan fingerprint density at radius 3 is 2.31 bits per heavy atom. The van der Waals surface area contributed by atoms with E-state index < -0.39 is 23.1 Å². The van der Waals surface area contributed by atoms with Crippen LogP contribution in [0.25, 0.3) is 0 Å². The Bertz CT molecular complexity index is 1070. The fourth-order valence-electron chi connectivity index (χ4n) is 3.37. The van der Waals surface area contributed by atoms with Crippen LogP contribution in [0.5, 0.6) is 5.75 Å². The molecular weight excluding hydrogens is 487 g/mol. The van der Waals surface area contributed by atoms with Crippen LogP contribution in [0, 0.1) is 5.92 Å². The second-order valence-electron chi connectivity index (χ2n) is 8.17. The molecule has 2 aromatic carbocycles. The lowest BCUT2D eigenvalue weighted by Gasteiger charge is -2.20. The van der Waals surface area contributed by atoms with E-state index >= 15 is 0 Å². The molecule has 1 saturated heterocycles. The van der Waals surface area contributed by atoms with Gasteiger partial charge >= 0.3 is 12.1 Å². The maximum atomic E-state index is 12.9. The normalized spacial score (nSPS) is 18.8. The van der Waals surface area contributed by atoms with Gasteiger partial charge in [0.15, 0.2) is 6.79 Å². The summed E-state index contributed by atoms with van der Waals surface area (Å²) in [6.45, 7) is -0.385. The summed E-state index contributed by atoms with van der Waals surface area (Å²) in [6.07, 6.45) is -3.31. The van der Waals surface area contributed by atoms with Gasteiger partial charge in [-0.3, -0.25) is 19.7 Å². The summed E-state index contributed by atoms with van der Waals surface area (Å²) in [5.74, 6) is -0.309. The highest BCUT2D eigenvalue weighted by atomic mass is 32.2. The third-order valence-corrected chi connectivity index (χ3v) is 6.49. The molecule has 2 fully saturated rings. The average molecular weight is 510 g/mol. The number of hydrogen-bond acceptors (Lipinski definition) is 7. The topological polar surface area (TPSA) is 90.9 Å². The number of halogens is 3. The first-order valence-corrected chi connectivity index (χ1v) is 11.8. The van der Waals surface area contributed by atoms with Gasteiger partial charge in [0.1, 0.15) is 18.5 Å². The molecule has 186 valence electrons. The first-order valence-electron chi connectivity index (χ1n) is 10.9. The third kappa shape index (κ3) is 6.98. The summed E-state index contributed by atoms with van der Waals surface area (Å²) in [5.41, 5.74) is 0.487. The Balaban J connectivity index is 1.37. The van der Waals surface area contributed by atoms with Gasteiger partial charge in [0.2, 0.25) is 5.91 Å². The minimum absolute atomic E-state index is 0.0406. The minimum atomic E-state index is -4.46. The molecule has 35 heavy (non-hydrogen) atoms. The second-order valence-corrected chi connectivity index (χ2v) is 9.35. The van der Waals surface area contributed by atoms with Crippen LogP contribution < -0.4 is 10.1 Å². The first-order chi connectivity index (χ1) is 16.7. The van der Waals surface area contributed by atoms with Gasteiger partial charge < -0.3 is 14.2 Å². The minimum Gasteiger partial charge on any atom is -0.491 e. The number of imide groups is 1. The van der Waals surface area contributed by atoms with Crippen molar-refractivity contribution >= 4 is 28.9 Å². The summed E-state index contributed by atoms with van der Waals surface area (Å²) in [6, 6.07) is 11.4. The van der Waals surface area contributed by atoms with Crippen LogP contribution in [0.15, 0.2) is 48.5 Å². The summed E-state index contributed by atoms with van der Waals surface area (Å²) in [7, 11) is 0. The lowest BCUT2D eigenvalue weighted by atomic mass is 10.1. The molecule has 4 rings (SSSR count). The van der Waals surface area contributed by atoms with E-state index in [0.29, 0.717) is 17.7 Å². The van der Waals surface area contributed by atoms with Gasteiger partial charge in [0, 0.05) is 0 Å². The van der Waals surface area contributed by atoms with Gasteiger partial charge in [-0.05, 0) is 54.7 Å². The molecule has 2 amide bonds. The number of carbonyl (C=O) groups excluding carboxylic acids is 3. The number of carbonyl (C=O) groups is 3. The van der Waals surface area contributed by atoms with E-state index in [1.165, 1.54) is 12.1 Å². The van der Waals surface area contributed by atoms with Crippen LogP contribution in [0.1, 0.15) is 35.6 Å². The number of rotatable bonds is 10. The van der Waals surface area contributed by atoms with Crippen LogP contribution in [0.2, 0.25) is 0 Å². The van der Waals surface area contributed by atoms with Crippen molar-refractivity contribution in [2.75, 3.05) is 13.4 Å². The highest BCUT2D eigenvalue weighted by Gasteiger charge is 2.33. The zero-order valence-electron chi connectivity index (χ0n) is 18.4. The fourth-order valence-corrected chi connectivity index (χ4v) is 4.23. The van der Waals surface area contributed by atoms with Crippen LogP contribution in [0.3, 0.4) is 0 Å². The van der Waals surface area contributed by atoms with E-state index in [-0.39, 0.29) is 36.4 Å². The quantitative estimate of drug-likeness (QED) is 0.368. The van der Waals surface area contributed by atoms with Crippen molar-refractivity contribution in [3.05, 3.63) is 65.2 Å². The molecule has 0 radical (unpaired) electrons. The number of amides is 2. The number of thioether (sulfide) groups is 1. The number of esters is 1.